The Labute approximate surface area is 185 Å². The molecule has 32 heavy (non-hydrogen) atoms. The molecule has 2 atom stereocenters. The molecule has 1 aromatic carbocycles. The minimum Gasteiger partial charge on any atom is -0.508 e. The maximum atomic E-state index is 12.9. The molecular formula is C20H30N6O6. The van der Waals surface area contributed by atoms with E-state index in [1.807, 2.05) is 0 Å². The third-order valence-corrected chi connectivity index (χ3v) is 4.71. The minimum absolute atomic E-state index is 0.0856. The van der Waals surface area contributed by atoms with E-state index < -0.39 is 36.4 Å². The number of aryl methyl sites for hydroxylation is 2. The van der Waals surface area contributed by atoms with Crippen molar-refractivity contribution in [3.8, 4) is 5.75 Å². The molecule has 0 saturated heterocycles. The van der Waals surface area contributed by atoms with Crippen molar-refractivity contribution in [1.29, 1.82) is 5.41 Å². The van der Waals surface area contributed by atoms with Crippen LogP contribution in [0, 0.1) is 19.3 Å². The van der Waals surface area contributed by atoms with E-state index in [1.165, 1.54) is 0 Å². The minimum atomic E-state index is -1.24. The van der Waals surface area contributed by atoms with Gasteiger partial charge in [-0.1, -0.05) is 0 Å². The number of nitrogens with two attached hydrogens (primary N) is 1. The van der Waals surface area contributed by atoms with E-state index >= 15 is 0 Å². The fourth-order valence-electron chi connectivity index (χ4n) is 3.16. The first-order chi connectivity index (χ1) is 15.0. The number of rotatable bonds is 13. The number of aromatic hydroxyl groups is 1. The molecule has 12 heteroatoms. The van der Waals surface area contributed by atoms with Crippen LogP contribution in [0.15, 0.2) is 12.1 Å². The molecule has 176 valence electrons. The Morgan fingerprint density at radius 3 is 2.28 bits per heavy atom. The van der Waals surface area contributed by atoms with Crippen LogP contribution < -0.4 is 27.0 Å². The van der Waals surface area contributed by atoms with Crippen molar-refractivity contribution in [2.45, 2.75) is 45.2 Å². The lowest BCUT2D eigenvalue weighted by molar-refractivity contribution is -0.138. The number of carbonyl (C=O) groups excluding carboxylic acids is 3. The summed E-state index contributed by atoms with van der Waals surface area (Å²) in [7, 11) is 0. The lowest BCUT2D eigenvalue weighted by Crippen LogP contribution is -2.54. The van der Waals surface area contributed by atoms with Gasteiger partial charge in [0.05, 0.1) is 0 Å². The van der Waals surface area contributed by atoms with Gasteiger partial charge in [0, 0.05) is 13.0 Å². The van der Waals surface area contributed by atoms with Crippen LogP contribution in [0.1, 0.15) is 29.5 Å². The number of carboxylic acids is 1. The van der Waals surface area contributed by atoms with Gasteiger partial charge in [-0.2, -0.15) is 0 Å². The van der Waals surface area contributed by atoms with Gasteiger partial charge in [-0.15, -0.1) is 0 Å². The summed E-state index contributed by atoms with van der Waals surface area (Å²) >= 11 is 0. The molecule has 0 aliphatic rings. The molecule has 0 aliphatic heterocycles. The largest absolute Gasteiger partial charge is 0.508 e. The van der Waals surface area contributed by atoms with Crippen LogP contribution in [0.2, 0.25) is 0 Å². The molecule has 9 N–H and O–H groups in total. The number of hydrogen-bond donors (Lipinski definition) is 8. The standard InChI is InChI=1S/C20H30N6O6/c1-11-6-13(28)7-12(2)14(11)8-16(25-10-27)19(32)26-15(4-3-5-23-20(21)22)18(31)24-9-17(29)30/h6-7,10,15-16,28H,3-5,8-9H2,1-2H3,(H,24,31)(H,25,27)(H,26,32)(H,29,30)(H4,21,22,23)/t15?,16-/m0/s1. The number of carbonyl (C=O) groups is 4. The van der Waals surface area contributed by atoms with Gasteiger partial charge in [0.25, 0.3) is 0 Å². The number of benzene rings is 1. The average molecular weight is 450 g/mol. The average Bonchev–Trinajstić information content (AvgIpc) is 2.69. The second kappa shape index (κ2) is 12.8. The predicted octanol–water partition coefficient (Wildman–Crippen LogP) is -1.38. The highest BCUT2D eigenvalue weighted by Gasteiger charge is 2.26. The Morgan fingerprint density at radius 1 is 1.12 bits per heavy atom. The number of phenolic OH excluding ortho intramolecular Hbond substituents is 1. The van der Waals surface area contributed by atoms with Crippen molar-refractivity contribution in [3.63, 3.8) is 0 Å². The molecule has 0 saturated carbocycles. The van der Waals surface area contributed by atoms with Gasteiger partial charge in [-0.25, -0.2) is 0 Å². The summed E-state index contributed by atoms with van der Waals surface area (Å²) in [5.74, 6) is -2.71. The Hall–Kier alpha value is -3.83. The third kappa shape index (κ3) is 8.90. The molecule has 12 nitrogen and oxygen atoms in total. The smallest absolute Gasteiger partial charge is 0.322 e. The topological polar surface area (TPSA) is 207 Å². The Bertz CT molecular complexity index is 836. The van der Waals surface area contributed by atoms with Crippen LogP contribution in [0.25, 0.3) is 0 Å². The summed E-state index contributed by atoms with van der Waals surface area (Å²) in [5.41, 5.74) is 7.44. The molecule has 3 amide bonds. The van der Waals surface area contributed by atoms with Gasteiger partial charge in [0.15, 0.2) is 5.96 Å². The molecule has 1 aromatic rings. The first kappa shape index (κ1) is 26.2. The zero-order chi connectivity index (χ0) is 24.3. The van der Waals surface area contributed by atoms with E-state index in [-0.39, 0.29) is 31.1 Å². The van der Waals surface area contributed by atoms with E-state index in [1.54, 1.807) is 26.0 Å². The van der Waals surface area contributed by atoms with E-state index in [0.717, 1.165) is 16.7 Å². The van der Waals surface area contributed by atoms with Crippen molar-refractivity contribution in [1.82, 2.24) is 21.3 Å². The van der Waals surface area contributed by atoms with Gasteiger partial charge in [-0.3, -0.25) is 24.6 Å². The van der Waals surface area contributed by atoms with Crippen LogP contribution in [0.5, 0.6) is 5.75 Å². The van der Waals surface area contributed by atoms with Gasteiger partial charge < -0.3 is 37.2 Å². The quantitative estimate of drug-likeness (QED) is 0.0775. The van der Waals surface area contributed by atoms with Gasteiger partial charge in [0.1, 0.15) is 24.4 Å². The highest BCUT2D eigenvalue weighted by atomic mass is 16.4. The van der Waals surface area contributed by atoms with Crippen LogP contribution in [0.3, 0.4) is 0 Å². The zero-order valence-corrected chi connectivity index (χ0v) is 18.0. The van der Waals surface area contributed by atoms with Crippen molar-refractivity contribution >= 4 is 30.2 Å². The normalized spacial score (nSPS) is 12.2. The van der Waals surface area contributed by atoms with Crippen molar-refractivity contribution in [3.05, 3.63) is 28.8 Å². The number of phenols is 1. The first-order valence-corrected chi connectivity index (χ1v) is 9.91. The van der Waals surface area contributed by atoms with Crippen molar-refractivity contribution < 1.29 is 29.4 Å². The fraction of sp³-hybridized carbons (Fsp3) is 0.450. The first-order valence-electron chi connectivity index (χ1n) is 9.91. The lowest BCUT2D eigenvalue weighted by atomic mass is 9.95. The maximum Gasteiger partial charge on any atom is 0.322 e. The van der Waals surface area contributed by atoms with E-state index in [2.05, 4.69) is 21.3 Å². The SMILES string of the molecule is Cc1cc(O)cc(C)c1C[C@H](NC=O)C(=O)NC(CCCNC(=N)N)C(=O)NCC(=O)O. The molecule has 1 rings (SSSR count). The summed E-state index contributed by atoms with van der Waals surface area (Å²) < 4.78 is 0. The van der Waals surface area contributed by atoms with Crippen LogP contribution in [-0.2, 0) is 25.6 Å². The van der Waals surface area contributed by atoms with E-state index in [0.29, 0.717) is 12.8 Å². The van der Waals surface area contributed by atoms with Gasteiger partial charge in [-0.05, 0) is 55.5 Å². The molecule has 0 aromatic heterocycles. The third-order valence-electron chi connectivity index (χ3n) is 4.71. The highest BCUT2D eigenvalue weighted by molar-refractivity contribution is 5.91. The number of aliphatic carboxylic acids is 1. The van der Waals surface area contributed by atoms with E-state index in [9.17, 15) is 24.3 Å². The van der Waals surface area contributed by atoms with Crippen LogP contribution >= 0.6 is 0 Å². The van der Waals surface area contributed by atoms with Crippen LogP contribution in [0.4, 0.5) is 0 Å². The highest BCUT2D eigenvalue weighted by Crippen LogP contribution is 2.22. The molecule has 0 bridgehead atoms. The summed E-state index contributed by atoms with van der Waals surface area (Å²) in [6.07, 6.45) is 0.999. The number of hydrogen-bond acceptors (Lipinski definition) is 6. The Balaban J connectivity index is 2.95. The zero-order valence-electron chi connectivity index (χ0n) is 18.0. The number of carboxylic acid groups (broad SMARTS) is 1. The number of nitrogens with one attached hydrogen (secondary N) is 5. The van der Waals surface area contributed by atoms with Gasteiger partial charge >= 0.3 is 5.97 Å². The molecule has 0 heterocycles. The summed E-state index contributed by atoms with van der Waals surface area (Å²) in [6.45, 7) is 3.19. The van der Waals surface area contributed by atoms with Gasteiger partial charge in [0.2, 0.25) is 18.2 Å². The Kier molecular flexibility index (Phi) is 10.5. The number of guanidine groups is 1. The summed E-state index contributed by atoms with van der Waals surface area (Å²) in [4.78, 5) is 47.1. The van der Waals surface area contributed by atoms with Crippen molar-refractivity contribution in [2.75, 3.05) is 13.1 Å². The summed E-state index contributed by atoms with van der Waals surface area (Å²) in [5, 5.41) is 35.4. The molecule has 0 radical (unpaired) electrons. The lowest BCUT2D eigenvalue weighted by Gasteiger charge is -2.23. The second-order valence-corrected chi connectivity index (χ2v) is 7.25. The second-order valence-electron chi connectivity index (χ2n) is 7.25. The van der Waals surface area contributed by atoms with Crippen LogP contribution in [-0.4, -0.2) is 65.5 Å². The molecule has 0 spiro atoms. The van der Waals surface area contributed by atoms with E-state index in [4.69, 9.17) is 16.2 Å². The predicted molar refractivity (Wildman–Crippen MR) is 116 cm³/mol. The number of amides is 3. The molecule has 0 fully saturated rings. The monoisotopic (exact) mass is 450 g/mol. The molecule has 1 unspecified atom stereocenters. The molecule has 0 aliphatic carbocycles. The molecular weight excluding hydrogens is 420 g/mol. The fourth-order valence-corrected chi connectivity index (χ4v) is 3.16. The van der Waals surface area contributed by atoms with Crippen molar-refractivity contribution in [2.24, 2.45) is 5.73 Å². The maximum absolute atomic E-state index is 12.9. The summed E-state index contributed by atoms with van der Waals surface area (Å²) in [6, 6.07) is 1.03. The Morgan fingerprint density at radius 2 is 1.75 bits per heavy atom.